The molecule has 0 unspecified atom stereocenters. The van der Waals surface area contributed by atoms with Crippen LogP contribution in [0.3, 0.4) is 0 Å². The van der Waals surface area contributed by atoms with Crippen molar-refractivity contribution in [1.29, 1.82) is 0 Å². The maximum atomic E-state index is 12.3. The van der Waals surface area contributed by atoms with E-state index in [2.05, 4.69) is 14.5 Å². The summed E-state index contributed by atoms with van der Waals surface area (Å²) in [6.07, 6.45) is -9.56. The third-order valence-corrected chi connectivity index (χ3v) is 4.46. The van der Waals surface area contributed by atoms with E-state index in [1.807, 2.05) is 22.6 Å². The Morgan fingerprint density at radius 3 is 1.52 bits per heavy atom. The summed E-state index contributed by atoms with van der Waals surface area (Å²) in [5.74, 6) is -0.708. The average Bonchev–Trinajstić information content (AvgIpc) is 2.61. The predicted molar refractivity (Wildman–Crippen MR) is 101 cm³/mol. The van der Waals surface area contributed by atoms with Gasteiger partial charge in [-0.2, -0.15) is 0 Å². The van der Waals surface area contributed by atoms with Crippen LogP contribution in [0.2, 0.25) is 0 Å². The number of nitrogens with zero attached hydrogens (tertiary/aromatic N) is 1. The molecule has 0 aliphatic carbocycles. The van der Waals surface area contributed by atoms with Crippen molar-refractivity contribution in [1.82, 2.24) is 4.98 Å². The average molecular weight is 525 g/mol. The first-order chi connectivity index (χ1) is 13.5. The summed E-state index contributed by atoms with van der Waals surface area (Å²) < 4.78 is 82.1. The zero-order valence-corrected chi connectivity index (χ0v) is 16.3. The van der Waals surface area contributed by atoms with Gasteiger partial charge in [0.15, 0.2) is 0 Å². The van der Waals surface area contributed by atoms with Crippen molar-refractivity contribution < 1.29 is 35.8 Å². The molecular formula is C19H10F6INO2. The van der Waals surface area contributed by atoms with Crippen LogP contribution in [0.5, 0.6) is 11.5 Å². The van der Waals surface area contributed by atoms with Crippen LogP contribution >= 0.6 is 22.6 Å². The molecule has 0 saturated carbocycles. The second-order valence-electron chi connectivity index (χ2n) is 5.67. The number of benzene rings is 2. The molecule has 10 heteroatoms. The van der Waals surface area contributed by atoms with Crippen LogP contribution in [0.25, 0.3) is 22.5 Å². The van der Waals surface area contributed by atoms with Crippen LogP contribution in [-0.2, 0) is 0 Å². The standard InChI is InChI=1S/C19H10F6INO2/c20-18(21,22)28-13-5-1-11(2-6-13)16-10-9-15(26)17(27-16)12-3-7-14(8-4-12)29-19(23,24)25/h1-10H. The summed E-state index contributed by atoms with van der Waals surface area (Å²) in [6.45, 7) is 0. The van der Waals surface area contributed by atoms with E-state index in [1.165, 1.54) is 48.5 Å². The molecule has 0 N–H and O–H groups in total. The van der Waals surface area contributed by atoms with Crippen molar-refractivity contribution in [3.05, 3.63) is 64.2 Å². The Hall–Kier alpha value is -2.50. The van der Waals surface area contributed by atoms with Gasteiger partial charge >= 0.3 is 12.7 Å². The summed E-state index contributed by atoms with van der Waals surface area (Å²) in [6, 6.07) is 13.9. The van der Waals surface area contributed by atoms with Crippen molar-refractivity contribution >= 4 is 22.6 Å². The van der Waals surface area contributed by atoms with E-state index in [0.717, 1.165) is 3.57 Å². The highest BCUT2D eigenvalue weighted by Crippen LogP contribution is 2.31. The highest BCUT2D eigenvalue weighted by atomic mass is 127. The number of halogens is 7. The summed E-state index contributed by atoms with van der Waals surface area (Å²) in [5, 5.41) is 0. The minimum atomic E-state index is -4.78. The zero-order valence-electron chi connectivity index (χ0n) is 14.2. The lowest BCUT2D eigenvalue weighted by Gasteiger charge is -2.11. The van der Waals surface area contributed by atoms with E-state index in [4.69, 9.17) is 0 Å². The fourth-order valence-electron chi connectivity index (χ4n) is 2.45. The summed E-state index contributed by atoms with van der Waals surface area (Å²) in [4.78, 5) is 4.49. The quantitative estimate of drug-likeness (QED) is 0.277. The lowest BCUT2D eigenvalue weighted by atomic mass is 10.1. The molecule has 3 aromatic rings. The van der Waals surface area contributed by atoms with E-state index in [0.29, 0.717) is 22.5 Å². The first-order valence-corrected chi connectivity index (χ1v) is 8.97. The minimum absolute atomic E-state index is 0.354. The highest BCUT2D eigenvalue weighted by molar-refractivity contribution is 14.1. The number of rotatable bonds is 4. The fourth-order valence-corrected chi connectivity index (χ4v) is 3.06. The smallest absolute Gasteiger partial charge is 0.406 e. The van der Waals surface area contributed by atoms with Crippen LogP contribution in [0, 0.1) is 3.57 Å². The Bertz CT molecular complexity index is 986. The molecule has 3 rings (SSSR count). The van der Waals surface area contributed by atoms with E-state index in [1.54, 1.807) is 12.1 Å². The molecule has 0 fully saturated rings. The van der Waals surface area contributed by atoms with E-state index < -0.39 is 12.7 Å². The van der Waals surface area contributed by atoms with Gasteiger partial charge < -0.3 is 9.47 Å². The molecule has 1 heterocycles. The lowest BCUT2D eigenvalue weighted by Crippen LogP contribution is -2.16. The molecule has 0 aliphatic heterocycles. The Kier molecular flexibility index (Phi) is 5.92. The van der Waals surface area contributed by atoms with Gasteiger partial charge in [-0.15, -0.1) is 26.3 Å². The Balaban J connectivity index is 1.87. The molecule has 0 aliphatic rings. The second kappa shape index (κ2) is 8.09. The minimum Gasteiger partial charge on any atom is -0.406 e. The van der Waals surface area contributed by atoms with Crippen LogP contribution in [-0.4, -0.2) is 17.7 Å². The van der Waals surface area contributed by atoms with Gasteiger partial charge in [0.25, 0.3) is 0 Å². The lowest BCUT2D eigenvalue weighted by molar-refractivity contribution is -0.275. The molecule has 0 spiro atoms. The normalized spacial score (nSPS) is 12.0. The van der Waals surface area contributed by atoms with E-state index in [-0.39, 0.29) is 11.5 Å². The third kappa shape index (κ3) is 5.99. The maximum absolute atomic E-state index is 12.3. The van der Waals surface area contributed by atoms with Crippen LogP contribution in [0.1, 0.15) is 0 Å². The second-order valence-corrected chi connectivity index (χ2v) is 6.83. The van der Waals surface area contributed by atoms with E-state index in [9.17, 15) is 26.3 Å². The molecule has 0 amide bonds. The van der Waals surface area contributed by atoms with Gasteiger partial charge in [0.1, 0.15) is 11.5 Å². The number of aromatic nitrogens is 1. The van der Waals surface area contributed by atoms with Gasteiger partial charge in [0.2, 0.25) is 0 Å². The van der Waals surface area contributed by atoms with E-state index >= 15 is 0 Å². The van der Waals surface area contributed by atoms with Gasteiger partial charge in [0, 0.05) is 14.7 Å². The first kappa shape index (κ1) is 21.2. The number of pyridine rings is 1. The molecule has 152 valence electrons. The van der Waals surface area contributed by atoms with Crippen molar-refractivity contribution in [3.63, 3.8) is 0 Å². The molecule has 0 bridgehead atoms. The SMILES string of the molecule is FC(F)(F)Oc1ccc(-c2ccc(I)c(-c3ccc(OC(F)(F)F)cc3)n2)cc1. The summed E-state index contributed by atoms with van der Waals surface area (Å²) in [5.41, 5.74) is 2.10. The Morgan fingerprint density at radius 1 is 0.621 bits per heavy atom. The molecule has 0 saturated heterocycles. The summed E-state index contributed by atoms with van der Waals surface area (Å²) >= 11 is 2.03. The summed E-state index contributed by atoms with van der Waals surface area (Å²) in [7, 11) is 0. The molecule has 1 aromatic heterocycles. The van der Waals surface area contributed by atoms with Gasteiger partial charge in [-0.1, -0.05) is 0 Å². The Labute approximate surface area is 174 Å². The Morgan fingerprint density at radius 2 is 1.07 bits per heavy atom. The largest absolute Gasteiger partial charge is 0.573 e. The molecule has 0 atom stereocenters. The molecule has 2 aromatic carbocycles. The van der Waals surface area contributed by atoms with Gasteiger partial charge in [-0.05, 0) is 83.3 Å². The maximum Gasteiger partial charge on any atom is 0.573 e. The van der Waals surface area contributed by atoms with Gasteiger partial charge in [-0.25, -0.2) is 4.98 Å². The van der Waals surface area contributed by atoms with Crippen molar-refractivity contribution in [2.75, 3.05) is 0 Å². The third-order valence-electron chi connectivity index (χ3n) is 3.59. The molecular weight excluding hydrogens is 515 g/mol. The van der Waals surface area contributed by atoms with Crippen LogP contribution in [0.15, 0.2) is 60.7 Å². The van der Waals surface area contributed by atoms with Crippen molar-refractivity contribution in [3.8, 4) is 34.0 Å². The topological polar surface area (TPSA) is 31.4 Å². The highest BCUT2D eigenvalue weighted by Gasteiger charge is 2.31. The first-order valence-electron chi connectivity index (χ1n) is 7.89. The number of hydrogen-bond donors (Lipinski definition) is 0. The fraction of sp³-hybridized carbons (Fsp3) is 0.105. The molecule has 29 heavy (non-hydrogen) atoms. The zero-order chi connectivity index (χ0) is 21.2. The van der Waals surface area contributed by atoms with Crippen LogP contribution in [0.4, 0.5) is 26.3 Å². The number of ether oxygens (including phenoxy) is 2. The van der Waals surface area contributed by atoms with Gasteiger partial charge in [-0.3, -0.25) is 0 Å². The monoisotopic (exact) mass is 525 g/mol. The molecule has 0 radical (unpaired) electrons. The van der Waals surface area contributed by atoms with Gasteiger partial charge in [0.05, 0.1) is 11.4 Å². The van der Waals surface area contributed by atoms with Crippen molar-refractivity contribution in [2.45, 2.75) is 12.7 Å². The predicted octanol–water partition coefficient (Wildman–Crippen LogP) is 6.82. The number of alkyl halides is 6. The van der Waals surface area contributed by atoms with Crippen LogP contribution < -0.4 is 9.47 Å². The molecule has 3 nitrogen and oxygen atoms in total. The van der Waals surface area contributed by atoms with Crippen molar-refractivity contribution in [2.24, 2.45) is 0 Å². The number of hydrogen-bond acceptors (Lipinski definition) is 3.